The first-order chi connectivity index (χ1) is 10.2. The molecule has 0 aliphatic carbocycles. The van der Waals surface area contributed by atoms with Crippen LogP contribution in [0.15, 0.2) is 29.2 Å². The molecule has 124 valence electrons. The number of halogens is 1. The number of benzene rings is 1. The van der Waals surface area contributed by atoms with E-state index in [1.54, 1.807) is 0 Å². The first-order valence-electron chi connectivity index (χ1n) is 6.43. The quantitative estimate of drug-likeness (QED) is 0.510. The molecule has 1 aromatic rings. The summed E-state index contributed by atoms with van der Waals surface area (Å²) in [5.41, 5.74) is 0. The average Bonchev–Trinajstić information content (AvgIpc) is 2.45. The smallest absolute Gasteiger partial charge is 0.342 e. The summed E-state index contributed by atoms with van der Waals surface area (Å²) in [6.45, 7) is 3.66. The minimum Gasteiger partial charge on any atom is -0.468 e. The maximum Gasteiger partial charge on any atom is 0.342 e. The molecule has 1 aromatic carbocycles. The number of nitrogens with one attached hydrogen (secondary N) is 1. The number of sulfonamides is 1. The first-order valence-corrected chi connectivity index (χ1v) is 10.8. The second kappa shape index (κ2) is 7.97. The molecule has 0 saturated carbocycles. The van der Waals surface area contributed by atoms with Crippen LogP contribution >= 0.6 is 19.8 Å². The fraction of sp³-hybridized carbons (Fsp3) is 0.462. The normalized spacial score (nSPS) is 13.3. The Morgan fingerprint density at radius 1 is 1.27 bits per heavy atom. The first kappa shape index (κ1) is 19.0. The molecule has 0 amide bonds. The molecule has 0 saturated heterocycles. The van der Waals surface area contributed by atoms with Gasteiger partial charge in [0.25, 0.3) is 0 Å². The number of esters is 1. The summed E-state index contributed by atoms with van der Waals surface area (Å²) in [5.74, 6) is -0.668. The topological polar surface area (TPSA) is 107 Å². The van der Waals surface area contributed by atoms with Gasteiger partial charge in [-0.1, -0.05) is 26.0 Å². The minimum atomic E-state index is -4.15. The number of carbonyl (C=O) groups excluding carboxylic acids is 1. The highest BCUT2D eigenvalue weighted by Crippen LogP contribution is 2.25. The zero-order valence-electron chi connectivity index (χ0n) is 12.4. The van der Waals surface area contributed by atoms with Gasteiger partial charge < -0.3 is 4.74 Å². The van der Waals surface area contributed by atoms with Gasteiger partial charge in [-0.25, -0.2) is 14.6 Å². The van der Waals surface area contributed by atoms with E-state index in [0.717, 1.165) is 7.11 Å². The van der Waals surface area contributed by atoms with Gasteiger partial charge in [-0.15, -0.1) is 0 Å². The van der Waals surface area contributed by atoms with Gasteiger partial charge in [0, 0.05) is 0 Å². The third-order valence-electron chi connectivity index (χ3n) is 2.78. The summed E-state index contributed by atoms with van der Waals surface area (Å²) in [7, 11) is -2.98. The molecule has 1 N–H and O–H groups in total. The summed E-state index contributed by atoms with van der Waals surface area (Å²) >= 11 is -3.98. The van der Waals surface area contributed by atoms with Gasteiger partial charge in [-0.2, -0.15) is 4.72 Å². The van der Waals surface area contributed by atoms with Crippen LogP contribution in [0.3, 0.4) is 0 Å². The zero-order valence-corrected chi connectivity index (χ0v) is 15.4. The summed E-state index contributed by atoms with van der Waals surface area (Å²) in [4.78, 5) is 11.4. The summed E-state index contributed by atoms with van der Waals surface area (Å²) in [6.07, 6.45) is 0.241. The van der Waals surface area contributed by atoms with Gasteiger partial charge in [0.05, 0.1) is 10.7 Å². The highest BCUT2D eigenvalue weighted by Gasteiger charge is 2.29. The Morgan fingerprint density at radius 2 is 1.86 bits per heavy atom. The van der Waals surface area contributed by atoms with E-state index in [-0.39, 0.29) is 20.8 Å². The standard InChI is InChI=1S/C13H18INO6S/c1-9(2)8-11(13(16)21-3)15-22(19,20)12-7-5-4-6-10(12)14(17)18/h4-7,9,11,15H,8H2,1-3H3. The molecule has 22 heavy (non-hydrogen) atoms. The largest absolute Gasteiger partial charge is 0.468 e. The predicted octanol–water partition coefficient (Wildman–Crippen LogP) is 1.92. The molecule has 0 spiro atoms. The van der Waals surface area contributed by atoms with Crippen LogP contribution in [0.1, 0.15) is 20.3 Å². The van der Waals surface area contributed by atoms with Crippen molar-refractivity contribution in [2.45, 2.75) is 31.2 Å². The molecule has 1 unspecified atom stereocenters. The molecule has 0 aromatic heterocycles. The van der Waals surface area contributed by atoms with E-state index in [1.807, 2.05) is 13.8 Å². The van der Waals surface area contributed by atoms with Crippen molar-refractivity contribution in [1.82, 2.24) is 4.72 Å². The SMILES string of the molecule is COC(=O)C(CC(C)C)NS(=O)(=O)c1ccccc1I(=O)=O. The highest BCUT2D eigenvalue weighted by atomic mass is 127. The maximum absolute atomic E-state index is 12.4. The molecule has 0 fully saturated rings. The average molecular weight is 443 g/mol. The molecule has 7 nitrogen and oxygen atoms in total. The fourth-order valence-corrected chi connectivity index (χ4v) is 5.53. The molecule has 0 bridgehead atoms. The van der Waals surface area contributed by atoms with Gasteiger partial charge in [0.2, 0.25) is 10.0 Å². The van der Waals surface area contributed by atoms with Gasteiger partial charge in [-0.3, -0.25) is 4.79 Å². The van der Waals surface area contributed by atoms with Crippen molar-refractivity contribution in [3.05, 3.63) is 27.8 Å². The van der Waals surface area contributed by atoms with Gasteiger partial charge in [-0.05, 0) is 24.5 Å². The van der Waals surface area contributed by atoms with Crippen molar-refractivity contribution < 1.29 is 24.1 Å². The van der Waals surface area contributed by atoms with Crippen LogP contribution in [-0.4, -0.2) is 27.5 Å². The summed E-state index contributed by atoms with van der Waals surface area (Å²) in [5, 5.41) is 0. The second-order valence-corrected chi connectivity index (χ2v) is 9.06. The van der Waals surface area contributed by atoms with Gasteiger partial charge in [0.1, 0.15) is 10.9 Å². The molecule has 1 atom stereocenters. The van der Waals surface area contributed by atoms with Gasteiger partial charge >= 0.3 is 25.8 Å². The predicted molar refractivity (Wildman–Crippen MR) is 86.1 cm³/mol. The van der Waals surface area contributed by atoms with Crippen LogP contribution in [0.2, 0.25) is 0 Å². The van der Waals surface area contributed by atoms with E-state index in [4.69, 9.17) is 0 Å². The van der Waals surface area contributed by atoms with Crippen molar-refractivity contribution in [3.63, 3.8) is 0 Å². The van der Waals surface area contributed by atoms with Crippen LogP contribution in [0, 0.1) is 9.49 Å². The van der Waals surface area contributed by atoms with Crippen LogP contribution in [0.25, 0.3) is 0 Å². The van der Waals surface area contributed by atoms with Crippen molar-refractivity contribution in [3.8, 4) is 0 Å². The van der Waals surface area contributed by atoms with E-state index in [9.17, 15) is 19.4 Å². The zero-order chi connectivity index (χ0) is 16.9. The number of rotatable bonds is 7. The third-order valence-corrected chi connectivity index (χ3v) is 6.57. The Kier molecular flexibility index (Phi) is 6.88. The maximum atomic E-state index is 12.4. The lowest BCUT2D eigenvalue weighted by Gasteiger charge is -2.18. The Morgan fingerprint density at radius 3 is 2.36 bits per heavy atom. The lowest BCUT2D eigenvalue weighted by atomic mass is 10.1. The Bertz CT molecular complexity index is 703. The summed E-state index contributed by atoms with van der Waals surface area (Å²) < 4.78 is 53.9. The lowest BCUT2D eigenvalue weighted by Crippen LogP contribution is -2.42. The van der Waals surface area contributed by atoms with Crippen LogP contribution in [0.4, 0.5) is 0 Å². The summed E-state index contributed by atoms with van der Waals surface area (Å²) in [6, 6.07) is 4.23. The van der Waals surface area contributed by atoms with E-state index < -0.39 is 41.8 Å². The minimum absolute atomic E-state index is 0.0457. The van der Waals surface area contributed by atoms with Crippen molar-refractivity contribution in [1.29, 1.82) is 0 Å². The number of hydrogen-bond donors (Lipinski definition) is 1. The van der Waals surface area contributed by atoms with Crippen LogP contribution < -0.4 is 4.72 Å². The Balaban J connectivity index is 3.21. The monoisotopic (exact) mass is 443 g/mol. The molecular weight excluding hydrogens is 425 g/mol. The third kappa shape index (κ3) is 4.99. The molecule has 0 aliphatic heterocycles. The molecule has 0 radical (unpaired) electrons. The van der Waals surface area contributed by atoms with E-state index in [0.29, 0.717) is 0 Å². The number of carbonyl (C=O) groups is 1. The molecular formula is C13H18INO6S. The van der Waals surface area contributed by atoms with Crippen molar-refractivity contribution in [2.24, 2.45) is 5.92 Å². The molecule has 0 heterocycles. The molecule has 1 rings (SSSR count). The van der Waals surface area contributed by atoms with Crippen molar-refractivity contribution in [2.75, 3.05) is 7.11 Å². The van der Waals surface area contributed by atoms with Crippen LogP contribution in [-0.2, 0) is 25.7 Å². The van der Waals surface area contributed by atoms with E-state index in [2.05, 4.69) is 9.46 Å². The molecule has 0 aliphatic rings. The van der Waals surface area contributed by atoms with E-state index >= 15 is 0 Å². The van der Waals surface area contributed by atoms with Gasteiger partial charge in [0.15, 0.2) is 0 Å². The fourth-order valence-electron chi connectivity index (χ4n) is 1.85. The number of methoxy groups -OCH3 is 1. The second-order valence-electron chi connectivity index (χ2n) is 4.97. The Hall–Kier alpha value is -1.07. The lowest BCUT2D eigenvalue weighted by molar-refractivity contribution is -0.143. The number of ether oxygens (including phenoxy) is 1. The van der Waals surface area contributed by atoms with Crippen LogP contribution in [0.5, 0.6) is 0 Å². The van der Waals surface area contributed by atoms with E-state index in [1.165, 1.54) is 24.3 Å². The number of hydrogen-bond acceptors (Lipinski definition) is 6. The Labute approximate surface area is 136 Å². The molecule has 9 heteroatoms. The highest BCUT2D eigenvalue weighted by molar-refractivity contribution is 14.2. The van der Waals surface area contributed by atoms with Crippen molar-refractivity contribution >= 4 is 35.8 Å².